The number of ether oxygens (including phenoxy) is 1. The van der Waals surface area contributed by atoms with Crippen molar-refractivity contribution in [2.24, 2.45) is 5.92 Å². The molecule has 36 heavy (non-hydrogen) atoms. The molecule has 0 bridgehead atoms. The summed E-state index contributed by atoms with van der Waals surface area (Å²) in [5, 5.41) is 3.95. The van der Waals surface area contributed by atoms with Crippen molar-refractivity contribution in [3.63, 3.8) is 0 Å². The highest BCUT2D eigenvalue weighted by molar-refractivity contribution is 7.98. The molecule has 6 rings (SSSR count). The maximum absolute atomic E-state index is 14.1. The Morgan fingerprint density at radius 2 is 1.92 bits per heavy atom. The molecular weight excluding hydrogens is 484 g/mol. The first kappa shape index (κ1) is 23.5. The number of thiophene rings is 1. The summed E-state index contributed by atoms with van der Waals surface area (Å²) in [7, 11) is 0. The Labute approximate surface area is 219 Å². The highest BCUT2D eigenvalue weighted by Gasteiger charge is 2.28. The zero-order chi connectivity index (χ0) is 24.8. The number of aryl methyl sites for hydroxylation is 1. The van der Waals surface area contributed by atoms with E-state index >= 15 is 0 Å². The minimum atomic E-state index is 0.0218. The molecule has 3 heterocycles. The summed E-state index contributed by atoms with van der Waals surface area (Å²) in [6, 6.07) is 23.1. The summed E-state index contributed by atoms with van der Waals surface area (Å²) in [5.74, 6) is 1.13. The maximum Gasteiger partial charge on any atom is 0.267 e. The van der Waals surface area contributed by atoms with E-state index in [2.05, 4.69) is 75.4 Å². The highest BCUT2D eigenvalue weighted by Crippen LogP contribution is 2.37. The number of nitrogens with zero attached hydrogens (tertiary/aromatic N) is 2. The van der Waals surface area contributed by atoms with Crippen molar-refractivity contribution >= 4 is 44.1 Å². The lowest BCUT2D eigenvalue weighted by Gasteiger charge is -2.26. The standard InChI is InChI=1S/C30H28N2O2S2/c1-18(2)25-15-24-26(16-34-25)36-28-27(24)29(33)32(23-10-6-7-19(3)13-23)30(31-28)35-17-20-11-12-21-8-4-5-9-22(21)14-20/h4-14,18,25H,15-17H2,1-3H3. The molecule has 0 fully saturated rings. The zero-order valence-electron chi connectivity index (χ0n) is 20.7. The molecule has 0 spiro atoms. The van der Waals surface area contributed by atoms with E-state index in [9.17, 15) is 4.79 Å². The van der Waals surface area contributed by atoms with Crippen LogP contribution in [0.25, 0.3) is 26.7 Å². The molecule has 2 aromatic heterocycles. The van der Waals surface area contributed by atoms with Gasteiger partial charge in [0.1, 0.15) is 4.83 Å². The molecule has 0 radical (unpaired) electrons. The summed E-state index contributed by atoms with van der Waals surface area (Å²) in [6.07, 6.45) is 0.894. The van der Waals surface area contributed by atoms with E-state index in [0.29, 0.717) is 12.5 Å². The van der Waals surface area contributed by atoms with Gasteiger partial charge < -0.3 is 4.74 Å². The molecule has 6 heteroatoms. The third-order valence-corrected chi connectivity index (χ3v) is 9.01. The van der Waals surface area contributed by atoms with E-state index in [1.54, 1.807) is 23.1 Å². The van der Waals surface area contributed by atoms with E-state index in [1.165, 1.54) is 16.3 Å². The Morgan fingerprint density at radius 3 is 2.72 bits per heavy atom. The summed E-state index contributed by atoms with van der Waals surface area (Å²) in [6.45, 7) is 6.96. The molecule has 0 aliphatic carbocycles. The predicted molar refractivity (Wildman–Crippen MR) is 151 cm³/mol. The number of aromatic nitrogens is 2. The summed E-state index contributed by atoms with van der Waals surface area (Å²) < 4.78 is 7.92. The second-order valence-electron chi connectivity index (χ2n) is 9.83. The molecule has 1 aliphatic rings. The Kier molecular flexibility index (Phi) is 6.20. The number of thioether (sulfide) groups is 1. The lowest BCUT2D eigenvalue weighted by molar-refractivity contribution is 0.00200. The van der Waals surface area contributed by atoms with Gasteiger partial charge in [0, 0.05) is 17.1 Å². The van der Waals surface area contributed by atoms with Crippen LogP contribution in [0.1, 0.15) is 35.4 Å². The summed E-state index contributed by atoms with van der Waals surface area (Å²) in [5.41, 5.74) is 4.34. The van der Waals surface area contributed by atoms with Crippen molar-refractivity contribution in [3.8, 4) is 5.69 Å². The fraction of sp³-hybridized carbons (Fsp3) is 0.267. The number of hydrogen-bond donors (Lipinski definition) is 0. The van der Waals surface area contributed by atoms with Crippen molar-refractivity contribution in [3.05, 3.63) is 98.7 Å². The van der Waals surface area contributed by atoms with Crippen molar-refractivity contribution in [1.82, 2.24) is 9.55 Å². The maximum atomic E-state index is 14.1. The van der Waals surface area contributed by atoms with Gasteiger partial charge in [-0.1, -0.05) is 80.2 Å². The van der Waals surface area contributed by atoms with Gasteiger partial charge in [0.15, 0.2) is 5.16 Å². The average molecular weight is 513 g/mol. The van der Waals surface area contributed by atoms with Gasteiger partial charge in [-0.05, 0) is 52.4 Å². The van der Waals surface area contributed by atoms with Crippen LogP contribution in [0.5, 0.6) is 0 Å². The fourth-order valence-corrected chi connectivity index (χ4v) is 7.02. The van der Waals surface area contributed by atoms with E-state index in [0.717, 1.165) is 49.2 Å². The Hall–Kier alpha value is -2.93. The molecule has 1 aliphatic heterocycles. The molecule has 1 atom stereocenters. The predicted octanol–water partition coefficient (Wildman–Crippen LogP) is 7.30. The van der Waals surface area contributed by atoms with E-state index in [-0.39, 0.29) is 11.7 Å². The molecule has 0 amide bonds. The minimum Gasteiger partial charge on any atom is -0.372 e. The Bertz CT molecular complexity index is 1650. The fourth-order valence-electron chi connectivity index (χ4n) is 4.90. The van der Waals surface area contributed by atoms with Crippen molar-refractivity contribution in [2.45, 2.75) is 50.8 Å². The monoisotopic (exact) mass is 512 g/mol. The smallest absolute Gasteiger partial charge is 0.267 e. The number of rotatable bonds is 5. The second kappa shape index (κ2) is 9.51. The van der Waals surface area contributed by atoms with Gasteiger partial charge in [-0.15, -0.1) is 11.3 Å². The average Bonchev–Trinajstić information content (AvgIpc) is 3.25. The molecule has 0 N–H and O–H groups in total. The van der Waals surface area contributed by atoms with Gasteiger partial charge in [0.2, 0.25) is 0 Å². The van der Waals surface area contributed by atoms with Crippen LogP contribution in [-0.4, -0.2) is 15.7 Å². The molecular formula is C30H28N2O2S2. The van der Waals surface area contributed by atoms with Gasteiger partial charge in [-0.3, -0.25) is 9.36 Å². The van der Waals surface area contributed by atoms with Crippen molar-refractivity contribution in [1.29, 1.82) is 0 Å². The zero-order valence-corrected chi connectivity index (χ0v) is 22.3. The Balaban J connectivity index is 1.46. The molecule has 3 aromatic carbocycles. The number of hydrogen-bond acceptors (Lipinski definition) is 5. The number of benzene rings is 3. The van der Waals surface area contributed by atoms with Crippen LogP contribution in [0, 0.1) is 12.8 Å². The first-order chi connectivity index (χ1) is 17.5. The van der Waals surface area contributed by atoms with Crippen LogP contribution >= 0.6 is 23.1 Å². The van der Waals surface area contributed by atoms with Crippen LogP contribution in [0.15, 0.2) is 76.7 Å². The number of fused-ring (bicyclic) bond motifs is 4. The second-order valence-corrected chi connectivity index (χ2v) is 11.9. The van der Waals surface area contributed by atoms with Crippen LogP contribution in [0.3, 0.4) is 0 Å². The van der Waals surface area contributed by atoms with Crippen molar-refractivity contribution < 1.29 is 4.74 Å². The lowest BCUT2D eigenvalue weighted by Crippen LogP contribution is -2.28. The molecule has 5 aromatic rings. The van der Waals surface area contributed by atoms with Crippen LogP contribution in [0.4, 0.5) is 0 Å². The molecule has 182 valence electrons. The third-order valence-electron chi connectivity index (χ3n) is 6.90. The van der Waals surface area contributed by atoms with Gasteiger partial charge >= 0.3 is 0 Å². The van der Waals surface area contributed by atoms with E-state index < -0.39 is 0 Å². The van der Waals surface area contributed by atoms with Gasteiger partial charge in [-0.25, -0.2) is 4.98 Å². The summed E-state index contributed by atoms with van der Waals surface area (Å²) >= 11 is 3.23. The largest absolute Gasteiger partial charge is 0.372 e. The van der Waals surface area contributed by atoms with E-state index in [4.69, 9.17) is 9.72 Å². The Morgan fingerprint density at radius 1 is 1.08 bits per heavy atom. The van der Waals surface area contributed by atoms with Crippen LogP contribution in [-0.2, 0) is 23.5 Å². The van der Waals surface area contributed by atoms with Crippen molar-refractivity contribution in [2.75, 3.05) is 0 Å². The highest BCUT2D eigenvalue weighted by atomic mass is 32.2. The first-order valence-electron chi connectivity index (χ1n) is 12.3. The SMILES string of the molecule is Cc1cccc(-n2c(SCc3ccc4ccccc4c3)nc3sc4c(c3c2=O)CC(C(C)C)OC4)c1. The van der Waals surface area contributed by atoms with Crippen LogP contribution in [0.2, 0.25) is 0 Å². The quantitative estimate of drug-likeness (QED) is 0.183. The topological polar surface area (TPSA) is 44.1 Å². The van der Waals surface area contributed by atoms with Gasteiger partial charge in [-0.2, -0.15) is 0 Å². The van der Waals surface area contributed by atoms with Gasteiger partial charge in [0.25, 0.3) is 5.56 Å². The summed E-state index contributed by atoms with van der Waals surface area (Å²) in [4.78, 5) is 21.2. The van der Waals surface area contributed by atoms with E-state index in [1.807, 2.05) is 16.7 Å². The van der Waals surface area contributed by atoms with Crippen LogP contribution < -0.4 is 5.56 Å². The first-order valence-corrected chi connectivity index (χ1v) is 14.1. The molecule has 0 saturated heterocycles. The molecule has 0 saturated carbocycles. The third kappa shape index (κ3) is 4.27. The van der Waals surface area contributed by atoms with Gasteiger partial charge in [0.05, 0.1) is 23.8 Å². The lowest BCUT2D eigenvalue weighted by atomic mass is 9.96. The molecule has 4 nitrogen and oxygen atoms in total. The molecule has 1 unspecified atom stereocenters. The minimum absolute atomic E-state index is 0.0218. The normalized spacial score (nSPS) is 15.6.